The van der Waals surface area contributed by atoms with Crippen LogP contribution in [0.5, 0.6) is 11.8 Å². The Morgan fingerprint density at radius 1 is 1.06 bits per heavy atom. The summed E-state index contributed by atoms with van der Waals surface area (Å²) in [6.45, 7) is 4.94. The van der Waals surface area contributed by atoms with E-state index in [0.29, 0.717) is 24.5 Å². The van der Waals surface area contributed by atoms with Crippen molar-refractivity contribution in [3.8, 4) is 11.8 Å². The van der Waals surface area contributed by atoms with Crippen molar-refractivity contribution in [1.82, 2.24) is 9.97 Å². The van der Waals surface area contributed by atoms with E-state index < -0.39 is 22.9 Å². The lowest BCUT2D eigenvalue weighted by molar-refractivity contribution is -0.141. The fourth-order valence-electron chi connectivity index (χ4n) is 3.24. The number of benzene rings is 1. The number of carbonyl (C=O) groups is 1. The molecule has 0 saturated heterocycles. The van der Waals surface area contributed by atoms with Crippen LogP contribution in [0.25, 0.3) is 0 Å². The molecule has 0 spiro atoms. The maximum atomic E-state index is 12.3. The summed E-state index contributed by atoms with van der Waals surface area (Å²) in [5.74, 6) is 0.0142. The lowest BCUT2D eigenvalue weighted by Crippen LogP contribution is -2.46. The van der Waals surface area contributed by atoms with Crippen molar-refractivity contribution in [2.45, 2.75) is 26.3 Å². The van der Waals surface area contributed by atoms with Gasteiger partial charge in [0.25, 0.3) is 10.9 Å². The zero-order valence-electron chi connectivity index (χ0n) is 17.6. The molecule has 162 valence electrons. The number of nitrogens with one attached hydrogen (secondary N) is 1. The number of aromatic nitrogens is 2. The van der Waals surface area contributed by atoms with E-state index in [1.54, 1.807) is 47.6 Å². The molecule has 0 bridgehead atoms. The largest absolute Gasteiger partial charge is 0.467 e. The first-order valence-corrected chi connectivity index (χ1v) is 9.94. The van der Waals surface area contributed by atoms with E-state index in [4.69, 9.17) is 9.47 Å². The van der Waals surface area contributed by atoms with Crippen molar-refractivity contribution >= 4 is 17.3 Å². The highest BCUT2D eigenvalue weighted by Gasteiger charge is 2.29. The van der Waals surface area contributed by atoms with Crippen molar-refractivity contribution in [1.29, 1.82) is 0 Å². The summed E-state index contributed by atoms with van der Waals surface area (Å²) in [4.78, 5) is 46.4. The number of nitrogens with zero attached hydrogens (tertiary/aromatic N) is 3. The van der Waals surface area contributed by atoms with Crippen molar-refractivity contribution in [3.05, 3.63) is 68.7 Å². The lowest BCUT2D eigenvalue weighted by Gasteiger charge is -2.27. The molecular formula is C22H24N4O5. The van der Waals surface area contributed by atoms with Gasteiger partial charge >= 0.3 is 12.0 Å². The van der Waals surface area contributed by atoms with E-state index in [1.165, 1.54) is 7.11 Å². The van der Waals surface area contributed by atoms with Gasteiger partial charge in [-0.1, -0.05) is 12.1 Å². The summed E-state index contributed by atoms with van der Waals surface area (Å²) in [5.41, 5.74) is 0.120. The molecule has 0 aliphatic carbocycles. The van der Waals surface area contributed by atoms with Crippen LogP contribution in [0.2, 0.25) is 0 Å². The van der Waals surface area contributed by atoms with Crippen LogP contribution >= 0.6 is 0 Å². The quantitative estimate of drug-likeness (QED) is 0.385. The van der Waals surface area contributed by atoms with E-state index in [1.807, 2.05) is 13.8 Å². The number of ether oxygens (including phenoxy) is 2. The second-order valence-electron chi connectivity index (χ2n) is 6.76. The molecule has 0 aliphatic heterocycles. The van der Waals surface area contributed by atoms with Gasteiger partial charge in [0.15, 0.2) is 0 Å². The molecule has 0 saturated carbocycles. The molecule has 0 amide bonds. The summed E-state index contributed by atoms with van der Waals surface area (Å²) in [7, 11) is 1.28. The highest BCUT2D eigenvalue weighted by molar-refractivity contribution is 5.84. The zero-order chi connectivity index (χ0) is 22.4. The van der Waals surface area contributed by atoms with E-state index >= 15 is 0 Å². The van der Waals surface area contributed by atoms with Crippen molar-refractivity contribution in [2.24, 2.45) is 0 Å². The van der Waals surface area contributed by atoms with Gasteiger partial charge in [-0.25, -0.2) is 14.8 Å². The number of carbonyl (C=O) groups excluding carboxylic acids is 1. The average molecular weight is 424 g/mol. The molecule has 31 heavy (non-hydrogen) atoms. The molecule has 1 N–H and O–H groups in total. The maximum absolute atomic E-state index is 12.3. The molecule has 2 aromatic carbocycles. The Labute approximate surface area is 179 Å². The summed E-state index contributed by atoms with van der Waals surface area (Å²) in [6.07, 6.45) is 3.42. The maximum Gasteiger partial charge on any atom is 0.328 e. The fraction of sp³-hybridized carbons (Fsp3) is 0.318. The monoisotopic (exact) mass is 424 g/mol. The van der Waals surface area contributed by atoms with Crippen LogP contribution in [0.3, 0.4) is 0 Å². The second-order valence-corrected chi connectivity index (χ2v) is 6.76. The van der Waals surface area contributed by atoms with Crippen molar-refractivity contribution < 1.29 is 14.3 Å². The summed E-state index contributed by atoms with van der Waals surface area (Å²) >= 11 is 0. The van der Waals surface area contributed by atoms with Crippen LogP contribution in [0.15, 0.2) is 52.3 Å². The Morgan fingerprint density at radius 2 is 1.71 bits per heavy atom. The van der Waals surface area contributed by atoms with Crippen LogP contribution < -0.4 is 25.8 Å². The molecule has 0 fully saturated rings. The smallest absolute Gasteiger partial charge is 0.328 e. The van der Waals surface area contributed by atoms with E-state index in [9.17, 15) is 14.4 Å². The molecule has 0 unspecified atom stereocenters. The first-order valence-electron chi connectivity index (χ1n) is 9.94. The molecule has 1 aromatic heterocycles. The molecular weight excluding hydrogens is 400 g/mol. The Morgan fingerprint density at radius 3 is 2.29 bits per heavy atom. The fourth-order valence-corrected chi connectivity index (χ4v) is 3.24. The molecule has 9 nitrogen and oxygen atoms in total. The Hall–Kier alpha value is -3.75. The average Bonchev–Trinajstić information content (AvgIpc) is 2.81. The number of esters is 1. The summed E-state index contributed by atoms with van der Waals surface area (Å²) in [5, 5.41) is 2.93. The van der Waals surface area contributed by atoms with Gasteiger partial charge in [0.1, 0.15) is 23.2 Å². The molecule has 3 rings (SSSR count). The highest BCUT2D eigenvalue weighted by Crippen LogP contribution is 2.23. The number of methoxy groups -OCH3 is 1. The summed E-state index contributed by atoms with van der Waals surface area (Å²) in [6, 6.07) is 8.15. The van der Waals surface area contributed by atoms with Crippen LogP contribution in [0, 0.1) is 0 Å². The van der Waals surface area contributed by atoms with Crippen molar-refractivity contribution in [3.63, 3.8) is 0 Å². The van der Waals surface area contributed by atoms with Gasteiger partial charge < -0.3 is 19.7 Å². The van der Waals surface area contributed by atoms with E-state index in [0.717, 1.165) is 5.56 Å². The normalized spacial score (nSPS) is 11.7. The second kappa shape index (κ2) is 9.84. The SMILES string of the molecule is CCN(CC)c1c(N[C@@H](Cc2ccc(Oc3ncccn3)cc2)C(=O)OC)c(=O)c1=O. The predicted octanol–water partition coefficient (Wildman–Crippen LogP) is 1.91. The lowest BCUT2D eigenvalue weighted by atomic mass is 10.0. The van der Waals surface area contributed by atoms with Crippen molar-refractivity contribution in [2.75, 3.05) is 30.4 Å². The van der Waals surface area contributed by atoms with Gasteiger partial charge in [0, 0.05) is 31.9 Å². The Balaban J connectivity index is 1.76. The Bertz CT molecular complexity index is 1090. The third kappa shape index (κ3) is 4.88. The molecule has 3 aromatic rings. The molecule has 0 aliphatic rings. The standard InChI is InChI=1S/C22H24N4O5/c1-4-26(5-2)18-17(19(27)20(18)28)25-16(21(29)30-3)13-14-7-9-15(10-8-14)31-22-23-11-6-12-24-22/h6-12,16,25H,4-5,13H2,1-3H3/t16-/m0/s1. The molecule has 1 heterocycles. The van der Waals surface area contributed by atoms with Gasteiger partial charge in [-0.2, -0.15) is 0 Å². The highest BCUT2D eigenvalue weighted by atomic mass is 16.5. The minimum absolute atomic E-state index is 0.158. The van der Waals surface area contributed by atoms with E-state index in [-0.39, 0.29) is 18.1 Å². The summed E-state index contributed by atoms with van der Waals surface area (Å²) < 4.78 is 10.5. The zero-order valence-corrected chi connectivity index (χ0v) is 17.6. The first kappa shape index (κ1) is 21.9. The van der Waals surface area contributed by atoms with Crippen LogP contribution in [-0.4, -0.2) is 42.2 Å². The van der Waals surface area contributed by atoms with Gasteiger partial charge in [0.2, 0.25) is 0 Å². The van der Waals surface area contributed by atoms with Crippen LogP contribution in [0.1, 0.15) is 19.4 Å². The number of rotatable bonds is 10. The van der Waals surface area contributed by atoms with Crippen LogP contribution in [-0.2, 0) is 16.0 Å². The molecule has 0 radical (unpaired) electrons. The molecule has 9 heteroatoms. The van der Waals surface area contributed by atoms with Gasteiger partial charge in [-0.15, -0.1) is 0 Å². The van der Waals surface area contributed by atoms with Gasteiger partial charge in [-0.05, 0) is 37.6 Å². The predicted molar refractivity (Wildman–Crippen MR) is 117 cm³/mol. The van der Waals surface area contributed by atoms with E-state index in [2.05, 4.69) is 15.3 Å². The minimum atomic E-state index is -0.827. The molecule has 1 atom stereocenters. The first-order chi connectivity index (χ1) is 15.0. The topological polar surface area (TPSA) is 111 Å². The third-order valence-electron chi connectivity index (χ3n) is 4.88. The Kier molecular flexibility index (Phi) is 6.96. The number of anilines is 2. The number of hydrogen-bond donors (Lipinski definition) is 1. The van der Waals surface area contributed by atoms with Gasteiger partial charge in [-0.3, -0.25) is 9.59 Å². The minimum Gasteiger partial charge on any atom is -0.467 e. The van der Waals surface area contributed by atoms with Crippen LogP contribution in [0.4, 0.5) is 11.4 Å². The van der Waals surface area contributed by atoms with Gasteiger partial charge in [0.05, 0.1) is 7.11 Å². The number of hydrogen-bond acceptors (Lipinski definition) is 9. The third-order valence-corrected chi connectivity index (χ3v) is 4.88.